The van der Waals surface area contributed by atoms with Crippen molar-refractivity contribution in [2.75, 3.05) is 10.8 Å². The Hall–Kier alpha value is -4.98. The fourth-order valence-corrected chi connectivity index (χ4v) is 6.02. The third kappa shape index (κ3) is 8.35. The van der Waals surface area contributed by atoms with Crippen molar-refractivity contribution in [2.45, 2.75) is 13.0 Å². The first-order chi connectivity index (χ1) is 21.5. The van der Waals surface area contributed by atoms with Gasteiger partial charge in [0.15, 0.2) is 5.17 Å². The number of fused-ring (bicyclic) bond motifs is 1. The highest BCUT2D eigenvalue weighted by Gasteiger charge is 2.28. The number of nitrogens with zero attached hydrogens (tertiary/aromatic N) is 2. The summed E-state index contributed by atoms with van der Waals surface area (Å²) in [5.74, 6) is -0.293. The molecular weight excluding hydrogens is 620 g/mol. The Balaban J connectivity index is 0.000000383. The van der Waals surface area contributed by atoms with E-state index in [-0.39, 0.29) is 24.2 Å². The lowest BCUT2D eigenvalue weighted by Gasteiger charge is -2.14. The number of rotatable bonds is 7. The fourth-order valence-electron chi connectivity index (χ4n) is 4.43. The molecule has 4 aromatic rings. The Morgan fingerprint density at radius 1 is 1.04 bits per heavy atom. The molecule has 2 aliphatic heterocycles. The molecule has 0 aromatic heterocycles. The zero-order chi connectivity index (χ0) is 32.0. The smallest absolute Gasteiger partial charge is 0.359 e. The monoisotopic (exact) mass is 646 g/mol. The Morgan fingerprint density at radius 3 is 2.40 bits per heavy atom. The van der Waals surface area contributed by atoms with Gasteiger partial charge < -0.3 is 15.8 Å². The van der Waals surface area contributed by atoms with Gasteiger partial charge in [-0.2, -0.15) is 8.42 Å². The van der Waals surface area contributed by atoms with Crippen LogP contribution >= 0.6 is 11.8 Å². The molecule has 230 valence electrons. The number of ether oxygens (including phenoxy) is 1. The maximum absolute atomic E-state index is 13.0. The summed E-state index contributed by atoms with van der Waals surface area (Å²) in [6.45, 7) is 0.484. The van der Waals surface area contributed by atoms with Crippen LogP contribution in [0.2, 0.25) is 0 Å². The average molecular weight is 647 g/mol. The molecule has 45 heavy (non-hydrogen) atoms. The van der Waals surface area contributed by atoms with Crippen LogP contribution in [0.3, 0.4) is 0 Å². The van der Waals surface area contributed by atoms with E-state index in [1.807, 2.05) is 18.2 Å². The summed E-state index contributed by atoms with van der Waals surface area (Å²) >= 11 is 1.20. The highest BCUT2D eigenvalue weighted by Crippen LogP contribution is 2.34. The predicted molar refractivity (Wildman–Crippen MR) is 172 cm³/mol. The molecular formula is C32H27FN4O6S2. The van der Waals surface area contributed by atoms with Crippen LogP contribution in [-0.4, -0.2) is 36.5 Å². The Morgan fingerprint density at radius 2 is 1.76 bits per heavy atom. The molecule has 4 N–H and O–H groups in total. The number of benzene rings is 4. The summed E-state index contributed by atoms with van der Waals surface area (Å²) in [7, 11) is -4.31. The molecule has 2 aliphatic rings. The normalized spacial score (nSPS) is 15.8. The summed E-state index contributed by atoms with van der Waals surface area (Å²) in [5, 5.41) is 3.15. The molecule has 1 fully saturated rings. The molecule has 6 rings (SSSR count). The van der Waals surface area contributed by atoms with Crippen LogP contribution < -0.4 is 20.1 Å². The van der Waals surface area contributed by atoms with E-state index in [4.69, 9.17) is 10.5 Å². The van der Waals surface area contributed by atoms with Gasteiger partial charge in [-0.15, -0.1) is 0 Å². The van der Waals surface area contributed by atoms with Crippen LogP contribution in [0, 0.1) is 5.82 Å². The molecule has 0 aliphatic carbocycles. The molecule has 0 radical (unpaired) electrons. The highest BCUT2D eigenvalue weighted by atomic mass is 32.2. The maximum Gasteiger partial charge on any atom is 0.359 e. The summed E-state index contributed by atoms with van der Waals surface area (Å²) < 4.78 is 52.0. The summed E-state index contributed by atoms with van der Waals surface area (Å²) in [5.41, 5.74) is 8.94. The number of halogens is 1. The van der Waals surface area contributed by atoms with Crippen LogP contribution in [0.1, 0.15) is 27.0 Å². The molecule has 2 amide bonds. The van der Waals surface area contributed by atoms with Gasteiger partial charge >= 0.3 is 10.3 Å². The quantitative estimate of drug-likeness (QED) is 0.183. The number of hydrogen-bond acceptors (Lipinski definition) is 7. The van der Waals surface area contributed by atoms with Gasteiger partial charge in [-0.05, 0) is 95.5 Å². The molecule has 0 spiro atoms. The van der Waals surface area contributed by atoms with Crippen molar-refractivity contribution in [2.24, 2.45) is 10.7 Å². The van der Waals surface area contributed by atoms with Crippen LogP contribution in [0.4, 0.5) is 15.8 Å². The van der Waals surface area contributed by atoms with E-state index in [2.05, 4.69) is 10.3 Å². The molecule has 0 unspecified atom stereocenters. The number of anilines is 1. The molecule has 0 bridgehead atoms. The highest BCUT2D eigenvalue weighted by molar-refractivity contribution is 8.18. The van der Waals surface area contributed by atoms with Crippen LogP contribution in [-0.2, 0) is 28.1 Å². The number of nitrogens with two attached hydrogens (primary N) is 1. The van der Waals surface area contributed by atoms with Gasteiger partial charge in [0.2, 0.25) is 5.91 Å². The molecule has 13 heteroatoms. The van der Waals surface area contributed by atoms with E-state index >= 15 is 0 Å². The number of thioether (sulfide) groups is 1. The Kier molecular flexibility index (Phi) is 9.62. The summed E-state index contributed by atoms with van der Waals surface area (Å²) in [6.07, 6.45) is 2.21. The number of aliphatic imine (C=N–C) groups is 1. The summed E-state index contributed by atoms with van der Waals surface area (Å²) in [4.78, 5) is 27.8. The van der Waals surface area contributed by atoms with Gasteiger partial charge in [0, 0.05) is 12.1 Å². The van der Waals surface area contributed by atoms with Gasteiger partial charge in [-0.1, -0.05) is 42.5 Å². The maximum atomic E-state index is 13.0. The van der Waals surface area contributed by atoms with Gasteiger partial charge in [0.05, 0.1) is 16.3 Å². The van der Waals surface area contributed by atoms with Gasteiger partial charge in [0.1, 0.15) is 18.2 Å². The van der Waals surface area contributed by atoms with Crippen LogP contribution in [0.25, 0.3) is 6.08 Å². The minimum Gasteiger partial charge on any atom is -0.489 e. The molecule has 0 saturated carbocycles. The number of amides is 2. The first-order valence-electron chi connectivity index (χ1n) is 13.5. The second-order valence-corrected chi connectivity index (χ2v) is 12.2. The topological polar surface area (TPSA) is 151 Å². The van der Waals surface area contributed by atoms with E-state index in [9.17, 15) is 27.0 Å². The Labute approximate surface area is 263 Å². The molecule has 4 aromatic carbocycles. The zero-order valence-corrected chi connectivity index (χ0v) is 25.2. The lowest BCUT2D eigenvalue weighted by atomic mass is 10.1. The van der Waals surface area contributed by atoms with Crippen molar-refractivity contribution in [3.8, 4) is 5.75 Å². The molecule has 10 nitrogen and oxygen atoms in total. The number of amidine groups is 1. The SMILES string of the molecule is NC(=O)c1ccccc1.O=C1NC(=Nc2ccc3c(c2)CCN3S(=O)(=O)O)SC1=Cc1ccc(OCc2ccc(F)cc2)cc1. The van der Waals surface area contributed by atoms with Crippen molar-refractivity contribution in [3.63, 3.8) is 0 Å². The molecule has 1 saturated heterocycles. The lowest BCUT2D eigenvalue weighted by Crippen LogP contribution is -2.27. The summed E-state index contributed by atoms with van der Waals surface area (Å²) in [6, 6.07) is 27.1. The van der Waals surface area contributed by atoms with Crippen molar-refractivity contribution in [1.29, 1.82) is 0 Å². The average Bonchev–Trinajstić information content (AvgIpc) is 3.61. The number of primary amides is 1. The van der Waals surface area contributed by atoms with E-state index in [1.54, 1.807) is 72.8 Å². The number of carbonyl (C=O) groups is 2. The number of carbonyl (C=O) groups excluding carboxylic acids is 2. The van der Waals surface area contributed by atoms with E-state index in [1.165, 1.54) is 23.9 Å². The Bertz CT molecular complexity index is 1880. The number of nitrogens with one attached hydrogen (secondary N) is 1. The van der Waals surface area contributed by atoms with Crippen molar-refractivity contribution in [1.82, 2.24) is 5.32 Å². The van der Waals surface area contributed by atoms with Gasteiger partial charge in [-0.25, -0.2) is 13.7 Å². The first kappa shape index (κ1) is 31.4. The van der Waals surface area contributed by atoms with Crippen molar-refractivity contribution >= 4 is 56.5 Å². The number of hydrogen-bond donors (Lipinski definition) is 3. The van der Waals surface area contributed by atoms with Gasteiger partial charge in [-0.3, -0.25) is 14.1 Å². The largest absolute Gasteiger partial charge is 0.489 e. The third-order valence-corrected chi connectivity index (χ3v) is 8.48. The van der Waals surface area contributed by atoms with Crippen molar-refractivity contribution < 1.29 is 31.7 Å². The second kappa shape index (κ2) is 13.8. The fraction of sp³-hybridized carbons (Fsp3) is 0.0938. The molecule has 2 heterocycles. The van der Waals surface area contributed by atoms with Crippen LogP contribution in [0.5, 0.6) is 5.75 Å². The first-order valence-corrected chi connectivity index (χ1v) is 15.8. The lowest BCUT2D eigenvalue weighted by molar-refractivity contribution is -0.115. The third-order valence-electron chi connectivity index (χ3n) is 6.63. The van der Waals surface area contributed by atoms with E-state index in [0.717, 1.165) is 21.0 Å². The van der Waals surface area contributed by atoms with Crippen molar-refractivity contribution in [3.05, 3.63) is 130 Å². The predicted octanol–water partition coefficient (Wildman–Crippen LogP) is 5.25. The second-order valence-electron chi connectivity index (χ2n) is 9.81. The standard InChI is InChI=1S/C25H20FN3O5S2.C7H7NO/c26-19-5-1-17(2-6-19)15-34-21-8-3-16(4-9-21)13-23-24(30)28-25(35-23)27-20-7-10-22-18(14-20)11-12-29(22)36(31,32)33;8-7(9)6-4-2-1-3-5-6/h1-10,13-14H,11-12,15H2,(H,27,28,30)(H,31,32,33);1-5H,(H2,8,9). The van der Waals surface area contributed by atoms with E-state index < -0.39 is 10.3 Å². The molecule has 0 atom stereocenters. The van der Waals surface area contributed by atoms with Gasteiger partial charge in [0.25, 0.3) is 5.91 Å². The van der Waals surface area contributed by atoms with Crippen LogP contribution in [0.15, 0.2) is 107 Å². The minimum absolute atomic E-state index is 0.169. The van der Waals surface area contributed by atoms with E-state index in [0.29, 0.717) is 45.8 Å². The minimum atomic E-state index is -4.31. The zero-order valence-electron chi connectivity index (χ0n) is 23.6.